The molecule has 0 saturated heterocycles. The molecule has 0 aliphatic heterocycles. The maximum Gasteiger partial charge on any atom is 0.348 e. The van der Waals surface area contributed by atoms with E-state index in [1.54, 1.807) is 24.3 Å². The molecule has 2 aromatic rings. The minimum absolute atomic E-state index is 0.192. The number of benzene rings is 1. The van der Waals surface area contributed by atoms with Gasteiger partial charge in [-0.25, -0.2) is 4.79 Å². The van der Waals surface area contributed by atoms with E-state index < -0.39 is 16.1 Å². The van der Waals surface area contributed by atoms with Crippen LogP contribution in [0.5, 0.6) is 0 Å². The number of carbonyl (C=O) groups excluding carboxylic acids is 1. The van der Waals surface area contributed by atoms with Crippen LogP contribution in [0.25, 0.3) is 10.1 Å². The molecule has 102 valence electrons. The molecule has 0 unspecified atom stereocenters. The van der Waals surface area contributed by atoms with E-state index in [4.69, 9.17) is 0 Å². The van der Waals surface area contributed by atoms with E-state index in [9.17, 15) is 13.2 Å². The number of ether oxygens (including phenoxy) is 1. The van der Waals surface area contributed by atoms with Gasteiger partial charge in [0.25, 0.3) is 10.1 Å². The molecule has 0 radical (unpaired) electrons. The van der Waals surface area contributed by atoms with Crippen molar-refractivity contribution in [2.45, 2.75) is 5.75 Å². The van der Waals surface area contributed by atoms with Gasteiger partial charge in [0.2, 0.25) is 0 Å². The van der Waals surface area contributed by atoms with Crippen LogP contribution < -0.4 is 0 Å². The van der Waals surface area contributed by atoms with Gasteiger partial charge in [-0.05, 0) is 29.1 Å². The summed E-state index contributed by atoms with van der Waals surface area (Å²) < 4.78 is 32.7. The smallest absolute Gasteiger partial charge is 0.348 e. The molecule has 5 nitrogen and oxygen atoms in total. The van der Waals surface area contributed by atoms with Gasteiger partial charge in [-0.2, -0.15) is 8.42 Å². The van der Waals surface area contributed by atoms with Gasteiger partial charge in [-0.1, -0.05) is 6.07 Å². The van der Waals surface area contributed by atoms with E-state index in [-0.39, 0.29) is 5.75 Å². The molecule has 0 N–H and O–H groups in total. The minimum atomic E-state index is -3.54. The molecule has 1 aromatic carbocycles. The van der Waals surface area contributed by atoms with Crippen LogP contribution in [0.15, 0.2) is 24.3 Å². The van der Waals surface area contributed by atoms with Crippen LogP contribution >= 0.6 is 11.3 Å². The third-order valence-corrected chi connectivity index (χ3v) is 4.86. The Morgan fingerprint density at radius 3 is 2.63 bits per heavy atom. The first-order valence-electron chi connectivity index (χ1n) is 5.34. The van der Waals surface area contributed by atoms with Crippen molar-refractivity contribution >= 4 is 37.5 Å². The average Bonchev–Trinajstić information content (AvgIpc) is 2.80. The second-order valence-corrected chi connectivity index (χ2v) is 6.66. The molecule has 0 bridgehead atoms. The molecule has 7 heteroatoms. The summed E-state index contributed by atoms with van der Waals surface area (Å²) in [6.07, 6.45) is 0. The van der Waals surface area contributed by atoms with Crippen molar-refractivity contribution in [1.82, 2.24) is 0 Å². The van der Waals surface area contributed by atoms with Gasteiger partial charge in [0.15, 0.2) is 0 Å². The summed E-state index contributed by atoms with van der Waals surface area (Å²) in [6.45, 7) is 0. The van der Waals surface area contributed by atoms with Crippen molar-refractivity contribution in [2.24, 2.45) is 0 Å². The number of fused-ring (bicyclic) bond motifs is 1. The van der Waals surface area contributed by atoms with E-state index >= 15 is 0 Å². The van der Waals surface area contributed by atoms with Gasteiger partial charge in [0.1, 0.15) is 10.6 Å². The maximum absolute atomic E-state index is 11.4. The highest BCUT2D eigenvalue weighted by molar-refractivity contribution is 7.85. The number of hydrogen-bond acceptors (Lipinski definition) is 6. The summed E-state index contributed by atoms with van der Waals surface area (Å²) in [5.41, 5.74) is 0.614. The van der Waals surface area contributed by atoms with Gasteiger partial charge in [-0.15, -0.1) is 11.3 Å². The Bertz CT molecular complexity index is 715. The first kappa shape index (κ1) is 14.0. The van der Waals surface area contributed by atoms with Gasteiger partial charge in [0.05, 0.1) is 14.2 Å². The van der Waals surface area contributed by atoms with E-state index in [1.807, 2.05) is 0 Å². The molecule has 0 spiro atoms. The molecule has 0 fully saturated rings. The second kappa shape index (κ2) is 5.28. The highest BCUT2D eigenvalue weighted by atomic mass is 32.2. The summed E-state index contributed by atoms with van der Waals surface area (Å²) >= 11 is 1.31. The van der Waals surface area contributed by atoms with Crippen LogP contribution in [0.4, 0.5) is 0 Å². The maximum atomic E-state index is 11.4. The third-order valence-electron chi connectivity index (χ3n) is 2.56. The summed E-state index contributed by atoms with van der Waals surface area (Å²) in [4.78, 5) is 11.9. The summed E-state index contributed by atoms with van der Waals surface area (Å²) in [5.74, 6) is -0.588. The molecule has 0 aliphatic rings. The van der Waals surface area contributed by atoms with Crippen LogP contribution in [-0.4, -0.2) is 28.6 Å². The Morgan fingerprint density at radius 2 is 2.00 bits per heavy atom. The van der Waals surface area contributed by atoms with Crippen LogP contribution in [0.2, 0.25) is 0 Å². The Morgan fingerprint density at radius 1 is 1.26 bits per heavy atom. The monoisotopic (exact) mass is 300 g/mol. The topological polar surface area (TPSA) is 69.7 Å². The van der Waals surface area contributed by atoms with Crippen molar-refractivity contribution in [1.29, 1.82) is 0 Å². The van der Waals surface area contributed by atoms with Crippen molar-refractivity contribution < 1.29 is 22.1 Å². The summed E-state index contributed by atoms with van der Waals surface area (Å²) in [5, 5.41) is 0.814. The van der Waals surface area contributed by atoms with E-state index in [0.29, 0.717) is 10.4 Å². The Hall–Kier alpha value is -1.44. The fourth-order valence-corrected chi connectivity index (χ4v) is 3.31. The number of thiophene rings is 1. The van der Waals surface area contributed by atoms with Crippen LogP contribution in [0.3, 0.4) is 0 Å². The largest absolute Gasteiger partial charge is 0.465 e. The molecule has 19 heavy (non-hydrogen) atoms. The van der Waals surface area contributed by atoms with Crippen molar-refractivity contribution in [3.8, 4) is 0 Å². The zero-order chi connectivity index (χ0) is 14.0. The molecule has 2 rings (SSSR count). The highest BCUT2D eigenvalue weighted by Gasteiger charge is 2.13. The zero-order valence-electron chi connectivity index (χ0n) is 10.4. The zero-order valence-corrected chi connectivity index (χ0v) is 12.0. The molecular weight excluding hydrogens is 288 g/mol. The van der Waals surface area contributed by atoms with Crippen molar-refractivity contribution in [3.63, 3.8) is 0 Å². The van der Waals surface area contributed by atoms with Gasteiger partial charge < -0.3 is 4.74 Å². The molecular formula is C12H12O5S2. The van der Waals surface area contributed by atoms with Crippen LogP contribution in [0, 0.1) is 0 Å². The van der Waals surface area contributed by atoms with E-state index in [0.717, 1.165) is 17.2 Å². The van der Waals surface area contributed by atoms with Crippen molar-refractivity contribution in [3.05, 3.63) is 34.7 Å². The predicted octanol–water partition coefficient (Wildman–Crippen LogP) is 2.16. The lowest BCUT2D eigenvalue weighted by molar-refractivity contribution is 0.0606. The van der Waals surface area contributed by atoms with E-state index in [1.165, 1.54) is 18.4 Å². The van der Waals surface area contributed by atoms with Crippen molar-refractivity contribution in [2.75, 3.05) is 14.2 Å². The fraction of sp³-hybridized carbons (Fsp3) is 0.250. The molecule has 0 aliphatic carbocycles. The number of methoxy groups -OCH3 is 1. The summed E-state index contributed by atoms with van der Waals surface area (Å²) in [6, 6.07) is 6.91. The molecule has 1 aromatic heterocycles. The summed E-state index contributed by atoms with van der Waals surface area (Å²) in [7, 11) is -1.09. The first-order valence-corrected chi connectivity index (χ1v) is 7.73. The fourth-order valence-electron chi connectivity index (χ4n) is 1.65. The molecule has 0 atom stereocenters. The minimum Gasteiger partial charge on any atom is -0.465 e. The van der Waals surface area contributed by atoms with Gasteiger partial charge in [0, 0.05) is 4.70 Å². The van der Waals surface area contributed by atoms with Gasteiger partial charge in [-0.3, -0.25) is 4.18 Å². The Labute approximate surface area is 114 Å². The lowest BCUT2D eigenvalue weighted by Gasteiger charge is -2.01. The van der Waals surface area contributed by atoms with E-state index in [2.05, 4.69) is 8.92 Å². The second-order valence-electron chi connectivity index (χ2n) is 3.84. The van der Waals surface area contributed by atoms with Gasteiger partial charge >= 0.3 is 5.97 Å². The average molecular weight is 300 g/mol. The number of carbonyl (C=O) groups is 1. The SMILES string of the molecule is COC(=O)c1cc2cc(CS(=O)(=O)OC)ccc2s1. The Balaban J connectivity index is 2.38. The molecule has 0 amide bonds. The number of rotatable bonds is 4. The molecule has 1 heterocycles. The number of esters is 1. The molecule has 0 saturated carbocycles. The standard InChI is InChI=1S/C12H12O5S2/c1-16-12(13)11-6-9-5-8(3-4-10(9)18-11)7-19(14,15)17-2/h3-6H,7H2,1-2H3. The predicted molar refractivity (Wildman–Crippen MR) is 72.8 cm³/mol. The Kier molecular flexibility index (Phi) is 3.88. The normalized spacial score (nSPS) is 11.7. The van der Waals surface area contributed by atoms with Crippen LogP contribution in [0.1, 0.15) is 15.2 Å². The third kappa shape index (κ3) is 3.12. The first-order chi connectivity index (χ1) is 8.95. The quantitative estimate of drug-likeness (QED) is 0.639. The van der Waals surface area contributed by atoms with Crippen LogP contribution in [-0.2, 0) is 24.8 Å². The lowest BCUT2D eigenvalue weighted by Crippen LogP contribution is -2.05. The number of hydrogen-bond donors (Lipinski definition) is 0. The highest BCUT2D eigenvalue weighted by Crippen LogP contribution is 2.27. The lowest BCUT2D eigenvalue weighted by atomic mass is 10.2.